The minimum absolute atomic E-state index is 0.296. The van der Waals surface area contributed by atoms with E-state index < -0.39 is 0 Å². The zero-order valence-corrected chi connectivity index (χ0v) is 15.9. The molecule has 0 saturated carbocycles. The Morgan fingerprint density at radius 2 is 2.10 bits per heavy atom. The molecule has 0 aromatic heterocycles. The van der Waals surface area contributed by atoms with Gasteiger partial charge in [0.2, 0.25) is 0 Å². The zero-order valence-electron chi connectivity index (χ0n) is 12.5. The molecule has 1 N–H and O–H groups in total. The predicted octanol–water partition coefficient (Wildman–Crippen LogP) is 0.506. The van der Waals surface area contributed by atoms with Crippen molar-refractivity contribution in [3.63, 3.8) is 0 Å². The summed E-state index contributed by atoms with van der Waals surface area (Å²) in [4.78, 5) is 13.1. The van der Waals surface area contributed by atoms with E-state index in [2.05, 4.69) is 10.2 Å². The van der Waals surface area contributed by atoms with Gasteiger partial charge in [0.25, 0.3) is 0 Å². The second-order valence-corrected chi connectivity index (χ2v) is 6.10. The van der Waals surface area contributed by atoms with Crippen molar-refractivity contribution in [3.8, 4) is 0 Å². The Morgan fingerprint density at radius 1 is 1.48 bits per heavy atom. The van der Waals surface area contributed by atoms with E-state index in [1.807, 2.05) is 14.0 Å². The molecule has 0 radical (unpaired) electrons. The molecule has 0 bridgehead atoms. The molecule has 2 saturated heterocycles. The van der Waals surface area contributed by atoms with Crippen molar-refractivity contribution >= 4 is 31.0 Å². The van der Waals surface area contributed by atoms with Gasteiger partial charge in [-0.3, -0.25) is 4.79 Å². The number of hydrogen-bond donors (Lipinski definition) is 1. The molecule has 8 heteroatoms. The fourth-order valence-electron chi connectivity index (χ4n) is 2.19. The van der Waals surface area contributed by atoms with E-state index in [4.69, 9.17) is 28.8 Å². The summed E-state index contributed by atoms with van der Waals surface area (Å²) in [5, 5.41) is 13.5. The fourth-order valence-corrected chi connectivity index (χ4v) is 2.85. The minimum atomic E-state index is -0.310. The summed E-state index contributed by atoms with van der Waals surface area (Å²) in [5.74, 6) is 1.59. The number of Topliss-reactive ketones (excluding diaryl/α,β-unsaturated/α-hetero) is 1. The fraction of sp³-hybridized carbons (Fsp3) is 0.923. The summed E-state index contributed by atoms with van der Waals surface area (Å²) in [6.45, 7) is 3.58. The first-order valence-corrected chi connectivity index (χ1v) is 8.74. The third-order valence-electron chi connectivity index (χ3n) is 3.91. The van der Waals surface area contributed by atoms with Crippen molar-refractivity contribution in [3.05, 3.63) is 5.32 Å². The number of carbonyl (C=O) groups is 1. The van der Waals surface area contributed by atoms with E-state index in [0.29, 0.717) is 36.2 Å². The third kappa shape index (κ3) is 7.20. The van der Waals surface area contributed by atoms with Crippen LogP contribution in [0.3, 0.4) is 0 Å². The third-order valence-corrected chi connectivity index (χ3v) is 4.88. The quantitative estimate of drug-likeness (QED) is 0.660. The van der Waals surface area contributed by atoms with Gasteiger partial charge in [-0.1, -0.05) is 6.92 Å². The Labute approximate surface area is 148 Å². The molecule has 2 heterocycles. The van der Waals surface area contributed by atoms with Gasteiger partial charge in [0.15, 0.2) is 0 Å². The standard InChI is InChI=1S/C7H13NOS.C6H12NOS.O.Tc/c1-8-3-2-7(9)4-6(8)5-10;1-6(4-9)5(8)2-3-7-6;;/h6,10H,2-5H2,1H3;5,8-9H,2-4H2,1H3;;/q;-1;;+3/p-2/t6-;5-,6+;;/m10../s1. The number of piperidine rings is 1. The summed E-state index contributed by atoms with van der Waals surface area (Å²) in [5.41, 5.74) is -0.310. The van der Waals surface area contributed by atoms with Crippen molar-refractivity contribution in [2.75, 3.05) is 31.6 Å². The Balaban J connectivity index is 0.000000342. The van der Waals surface area contributed by atoms with Gasteiger partial charge in [-0.2, -0.15) is 11.5 Å². The van der Waals surface area contributed by atoms with Crippen molar-refractivity contribution in [2.45, 2.75) is 43.9 Å². The van der Waals surface area contributed by atoms with Crippen LogP contribution in [0, 0.1) is 0 Å². The Morgan fingerprint density at radius 3 is 2.43 bits per heavy atom. The molecule has 5 nitrogen and oxygen atoms in total. The van der Waals surface area contributed by atoms with Crippen LogP contribution < -0.4 is 0 Å². The molecular weight excluding hydrogens is 394 g/mol. The van der Waals surface area contributed by atoms with Gasteiger partial charge in [-0.15, -0.1) is 12.1 Å². The van der Waals surface area contributed by atoms with Gasteiger partial charge in [0.1, 0.15) is 5.78 Å². The molecule has 2 aliphatic rings. The first-order valence-electron chi connectivity index (χ1n) is 6.83. The molecular formula is C13H23N2O3S2Tc. The van der Waals surface area contributed by atoms with Crippen LogP contribution in [0.25, 0.3) is 5.32 Å². The summed E-state index contributed by atoms with van der Waals surface area (Å²) in [7, 11) is 2.03. The normalized spacial score (nSPS) is 32.7. The van der Waals surface area contributed by atoms with E-state index in [1.54, 1.807) is 0 Å². The molecule has 0 aromatic rings. The van der Waals surface area contributed by atoms with Gasteiger partial charge in [0.05, 0.1) is 0 Å². The average molecular weight is 417 g/mol. The second-order valence-electron chi connectivity index (χ2n) is 5.48. The number of aliphatic hydroxyl groups excluding tert-OH is 1. The molecule has 0 amide bonds. The van der Waals surface area contributed by atoms with E-state index in [1.165, 1.54) is 0 Å². The van der Waals surface area contributed by atoms with Gasteiger partial charge in [-0.25, -0.2) is 0 Å². The molecule has 0 aromatic carbocycles. The average Bonchev–Trinajstić information content (AvgIpc) is 2.84. The molecule has 2 rings (SSSR count). The monoisotopic (exact) mass is 416 g/mol. The van der Waals surface area contributed by atoms with Crippen molar-refractivity contribution in [1.82, 2.24) is 4.90 Å². The van der Waals surface area contributed by atoms with Crippen molar-refractivity contribution < 1.29 is 32.3 Å². The maximum absolute atomic E-state index is 10.9. The van der Waals surface area contributed by atoms with Crippen LogP contribution >= 0.6 is 0 Å². The predicted molar refractivity (Wildman–Crippen MR) is 83.1 cm³/mol. The molecule has 122 valence electrons. The Bertz CT molecular complexity index is 326. The Kier molecular flexibility index (Phi) is 11.6. The summed E-state index contributed by atoms with van der Waals surface area (Å²) >= 11 is 10.7. The zero-order chi connectivity index (χ0) is 16.5. The van der Waals surface area contributed by atoms with Crippen LogP contribution in [-0.4, -0.2) is 65.1 Å². The summed E-state index contributed by atoms with van der Waals surface area (Å²) in [6, 6.07) is 0.330. The van der Waals surface area contributed by atoms with E-state index in [0.717, 1.165) is 38.4 Å². The number of ketones is 1. The second kappa shape index (κ2) is 11.3. The van der Waals surface area contributed by atoms with E-state index in [-0.39, 0.29) is 11.6 Å². The molecule has 0 unspecified atom stereocenters. The molecule has 0 aliphatic carbocycles. The summed E-state index contributed by atoms with van der Waals surface area (Å²) in [6.07, 6.45) is 1.87. The van der Waals surface area contributed by atoms with Crippen LogP contribution in [-0.2, 0) is 52.4 Å². The topological polar surface area (TPSA) is 71.7 Å². The first kappa shape index (κ1) is 21.7. The van der Waals surface area contributed by atoms with Gasteiger partial charge < -0.3 is 40.6 Å². The number of carbonyl (C=O) groups excluding carboxylic acids is 1. The first-order chi connectivity index (χ1) is 9.92. The van der Waals surface area contributed by atoms with Crippen molar-refractivity contribution in [1.29, 1.82) is 0 Å². The maximum atomic E-state index is 10.9. The molecule has 0 spiro atoms. The van der Waals surface area contributed by atoms with Crippen LogP contribution in [0.4, 0.5) is 0 Å². The van der Waals surface area contributed by atoms with Crippen LogP contribution in [0.5, 0.6) is 0 Å². The van der Waals surface area contributed by atoms with Crippen LogP contribution in [0.1, 0.15) is 26.2 Å². The van der Waals surface area contributed by atoms with Gasteiger partial charge in [0, 0.05) is 25.5 Å². The number of aliphatic hydroxyl groups is 1. The number of likely N-dealkylation sites (tertiary alicyclic amines) is 1. The van der Waals surface area contributed by atoms with E-state index in [9.17, 15) is 9.90 Å². The number of rotatable bonds is 2. The molecule has 2 aliphatic heterocycles. The Hall–Kier alpha value is 0.699. The van der Waals surface area contributed by atoms with Gasteiger partial charge in [-0.05, 0) is 19.5 Å². The number of nitrogens with zero attached hydrogens (tertiary/aromatic N) is 2. The SMILES string of the molecule is CN1CCC(=O)C[C@@H]1C[S-].C[C@]1(C[S-])[N-]CC[C@@H]1O.[O]=[Tc+3]. The van der Waals surface area contributed by atoms with Crippen molar-refractivity contribution in [2.24, 2.45) is 0 Å². The molecule has 2 fully saturated rings. The van der Waals surface area contributed by atoms with Crippen LogP contribution in [0.15, 0.2) is 0 Å². The molecule has 21 heavy (non-hydrogen) atoms. The van der Waals surface area contributed by atoms with E-state index >= 15 is 0 Å². The van der Waals surface area contributed by atoms with Crippen LogP contribution in [0.2, 0.25) is 0 Å². The number of hydrogen-bond acceptors (Lipinski definition) is 6. The summed E-state index contributed by atoms with van der Waals surface area (Å²) < 4.78 is 8.22. The van der Waals surface area contributed by atoms with Gasteiger partial charge >= 0.3 is 22.4 Å². The molecule has 3 atom stereocenters.